The van der Waals surface area contributed by atoms with Gasteiger partial charge in [0.05, 0.1) is 54.0 Å². The number of carbonyl (C=O) groups is 4. The number of likely N-dealkylation sites (N-methyl/N-ethyl adjacent to an activating group) is 1. The summed E-state index contributed by atoms with van der Waals surface area (Å²) in [6.07, 6.45) is -6.03. The average molecular weight is 1070 g/mol. The molecule has 18 atom stereocenters. The molecule has 0 amide bonds. The highest BCUT2D eigenvalue weighted by Crippen LogP contribution is 2.42. The first-order valence-corrected chi connectivity index (χ1v) is 27.2. The lowest BCUT2D eigenvalue weighted by molar-refractivity contribution is -0.320. The Kier molecular flexibility index (Phi) is 20.2. The Labute approximate surface area is 447 Å². The van der Waals surface area contributed by atoms with Crippen molar-refractivity contribution in [2.75, 3.05) is 41.4 Å². The van der Waals surface area contributed by atoms with Crippen LogP contribution in [0.1, 0.15) is 129 Å². The first-order valence-electron chi connectivity index (χ1n) is 27.2. The number of esters is 2. The fourth-order valence-corrected chi connectivity index (χ4v) is 12.3. The molecule has 20 heteroatoms. The highest BCUT2D eigenvalue weighted by molar-refractivity contribution is 5.94. The van der Waals surface area contributed by atoms with Gasteiger partial charge in [-0.2, -0.15) is 0 Å². The van der Waals surface area contributed by atoms with E-state index in [9.17, 15) is 44.4 Å². The van der Waals surface area contributed by atoms with Crippen LogP contribution >= 0.6 is 0 Å². The van der Waals surface area contributed by atoms with Crippen LogP contribution in [0.2, 0.25) is 0 Å². The molecular formula is C56H87N3O17. The maximum Gasteiger partial charge on any atom is 0.341 e. The van der Waals surface area contributed by atoms with E-state index in [2.05, 4.69) is 11.4 Å². The van der Waals surface area contributed by atoms with Gasteiger partial charge in [0.25, 0.3) is 0 Å². The first kappa shape index (κ1) is 61.3. The van der Waals surface area contributed by atoms with Crippen molar-refractivity contribution in [2.24, 2.45) is 23.7 Å². The number of nitrogens with one attached hydrogen (secondary N) is 1. The quantitative estimate of drug-likeness (QED) is 0.110. The highest BCUT2D eigenvalue weighted by Gasteiger charge is 2.55. The summed E-state index contributed by atoms with van der Waals surface area (Å²) >= 11 is 0. The van der Waals surface area contributed by atoms with Crippen LogP contribution in [0.15, 0.2) is 23.1 Å². The van der Waals surface area contributed by atoms with Crippen molar-refractivity contribution in [1.29, 1.82) is 0 Å². The number of Topliss-reactive ketones (excluding diaryl/α,β-unsaturated/α-hetero) is 1. The zero-order valence-corrected chi connectivity index (χ0v) is 47.2. The van der Waals surface area contributed by atoms with Crippen LogP contribution < -0.4 is 10.7 Å². The molecule has 20 nitrogen and oxygen atoms in total. The molecule has 3 saturated heterocycles. The molecule has 0 bridgehead atoms. The van der Waals surface area contributed by atoms with Gasteiger partial charge in [-0.05, 0) is 118 Å². The van der Waals surface area contributed by atoms with Crippen molar-refractivity contribution >= 4 is 34.6 Å². The number of aryl methyl sites for hydroxylation is 3. The van der Waals surface area contributed by atoms with Crippen LogP contribution in [0.4, 0.5) is 0 Å². The second kappa shape index (κ2) is 25.0. The molecule has 5 heterocycles. The molecule has 4 aliphatic rings. The third-order valence-electron chi connectivity index (χ3n) is 17.0. The van der Waals surface area contributed by atoms with E-state index >= 15 is 0 Å². The van der Waals surface area contributed by atoms with Crippen molar-refractivity contribution in [3.05, 3.63) is 45.2 Å². The Bertz CT molecular complexity index is 2430. The number of carboxylic acid groups (broad SMARTS) is 1. The zero-order chi connectivity index (χ0) is 56.4. The summed E-state index contributed by atoms with van der Waals surface area (Å²) in [5.74, 6) is -6.56. The first-order chi connectivity index (χ1) is 35.6. The number of aliphatic hydroxyl groups is 3. The van der Waals surface area contributed by atoms with Gasteiger partial charge in [0.15, 0.2) is 18.7 Å². The largest absolute Gasteiger partial charge is 0.477 e. The number of hydrogen-bond acceptors (Lipinski definition) is 18. The lowest BCUT2D eigenvalue weighted by atomic mass is 9.74. The normalized spacial score (nSPS) is 37.7. The summed E-state index contributed by atoms with van der Waals surface area (Å²) in [4.78, 5) is 69.0. The number of methoxy groups -OCH3 is 2. The summed E-state index contributed by atoms with van der Waals surface area (Å²) in [5.41, 5.74) is -2.48. The number of aliphatic hydroxyl groups excluding tert-OH is 2. The summed E-state index contributed by atoms with van der Waals surface area (Å²) in [6, 6.07) is 3.53. The Morgan fingerprint density at radius 1 is 0.908 bits per heavy atom. The Hall–Kier alpha value is -3.93. The second-order valence-electron chi connectivity index (χ2n) is 23.0. The van der Waals surface area contributed by atoms with Crippen LogP contribution in [0.3, 0.4) is 0 Å². The highest BCUT2D eigenvalue weighted by atomic mass is 16.7. The Morgan fingerprint density at radius 3 is 2.21 bits per heavy atom. The van der Waals surface area contributed by atoms with Gasteiger partial charge >= 0.3 is 17.9 Å². The van der Waals surface area contributed by atoms with Gasteiger partial charge in [0.2, 0.25) is 5.43 Å². The van der Waals surface area contributed by atoms with Crippen molar-refractivity contribution in [3.63, 3.8) is 0 Å². The van der Waals surface area contributed by atoms with E-state index in [4.69, 9.17) is 37.9 Å². The van der Waals surface area contributed by atoms with Crippen molar-refractivity contribution in [1.82, 2.24) is 14.8 Å². The summed E-state index contributed by atoms with van der Waals surface area (Å²) in [6.45, 7) is 18.5. The number of carbonyl (C=O) groups excluding carboxylic acids is 3. The van der Waals surface area contributed by atoms with Crippen molar-refractivity contribution < 1.29 is 77.5 Å². The molecule has 1 unspecified atom stereocenters. The number of aromatic nitrogens is 1. The number of ether oxygens (including phenoxy) is 8. The van der Waals surface area contributed by atoms with Crippen LogP contribution in [-0.4, -0.2) is 179 Å². The SMILES string of the molecule is CC[C@H]1OC(=O)[C@H](C)[C@@H](O[C@H]2C[C@@](C)(OC)[C@@H](OC(=O)CCNCCCc3cc4c5c(c3)c(=O)c(C(=O)O)cn5CC4)[C@H](C)O2)[C@H](C)[C@@H](O[C@@H]2O[C@H](C)C[C@H](N(C)C)[C@H]2O)[C@](C)(OC)C[C@@H](C)C(=O)C(C)[C@H](O)[C@]1(C)O. The molecule has 76 heavy (non-hydrogen) atoms. The van der Waals surface area contributed by atoms with Gasteiger partial charge in [-0.25, -0.2) is 4.79 Å². The number of cyclic esters (lactones) is 1. The number of rotatable bonds is 17. The Morgan fingerprint density at radius 2 is 1.58 bits per heavy atom. The molecular weight excluding hydrogens is 987 g/mol. The number of ketones is 1. The minimum Gasteiger partial charge on any atom is -0.477 e. The summed E-state index contributed by atoms with van der Waals surface area (Å²) < 4.78 is 53.2. The molecule has 5 N–H and O–H groups in total. The minimum absolute atomic E-state index is 0.0401. The molecule has 2 aromatic rings. The predicted molar refractivity (Wildman–Crippen MR) is 280 cm³/mol. The molecule has 6 rings (SSSR count). The second-order valence-corrected chi connectivity index (χ2v) is 23.0. The number of benzene rings is 1. The van der Waals surface area contributed by atoms with E-state index in [0.717, 1.165) is 23.1 Å². The summed E-state index contributed by atoms with van der Waals surface area (Å²) in [5, 5.41) is 48.6. The Balaban J connectivity index is 1.19. The number of aromatic carboxylic acids is 1. The maximum atomic E-state index is 14.6. The number of hydrogen-bond donors (Lipinski definition) is 5. The third kappa shape index (κ3) is 13.0. The van der Waals surface area contributed by atoms with E-state index in [1.165, 1.54) is 34.3 Å². The molecule has 0 saturated carbocycles. The van der Waals surface area contributed by atoms with E-state index < -0.39 is 119 Å². The van der Waals surface area contributed by atoms with Gasteiger partial charge in [0.1, 0.15) is 34.8 Å². The van der Waals surface area contributed by atoms with Crippen LogP contribution in [-0.2, 0) is 71.7 Å². The monoisotopic (exact) mass is 1070 g/mol. The average Bonchev–Trinajstić information content (AvgIpc) is 3.79. The van der Waals surface area contributed by atoms with Gasteiger partial charge in [-0.3, -0.25) is 19.2 Å². The zero-order valence-electron chi connectivity index (χ0n) is 47.2. The van der Waals surface area contributed by atoms with E-state index in [1.54, 1.807) is 47.6 Å². The molecule has 3 fully saturated rings. The van der Waals surface area contributed by atoms with E-state index in [1.807, 2.05) is 37.4 Å². The molecule has 428 valence electrons. The molecule has 0 aliphatic carbocycles. The predicted octanol–water partition coefficient (Wildman–Crippen LogP) is 4.17. The van der Waals surface area contributed by atoms with Crippen LogP contribution in [0.5, 0.6) is 0 Å². The fraction of sp³-hybridized carbons (Fsp3) is 0.768. The lowest BCUT2D eigenvalue weighted by Gasteiger charge is -2.50. The smallest absolute Gasteiger partial charge is 0.341 e. The summed E-state index contributed by atoms with van der Waals surface area (Å²) in [7, 11) is 6.73. The standard InChI is InChI=1S/C56H87N3O17/c1-15-40-56(10,68)48(64)31(4)44(61)29(2)26-54(8,69-13)49(76-53-46(63)39(58(11)12)23-30(3)71-53)32(5)47(33(6)52(67)73-40)75-42-27-55(9,70-14)50(34(7)72-42)74-41(60)18-21-57-20-16-17-35-24-36-19-22-59-28-38(51(65)66)45(62)37(25-35)43(36)59/h24-25,28-34,39-40,42,46-50,53,57,63-64,68H,15-23,26-27H2,1-14H3,(H,65,66)/t29-,30-,31?,32+,33-,34+,39+,40-,42+,46-,47+,48+,49-,50+,53+,54-,55-,56-/m1/s1. The van der Waals surface area contributed by atoms with Gasteiger partial charge in [-0.1, -0.05) is 33.8 Å². The number of pyridine rings is 1. The van der Waals surface area contributed by atoms with Crippen molar-refractivity contribution in [3.8, 4) is 0 Å². The van der Waals surface area contributed by atoms with Crippen molar-refractivity contribution in [2.45, 2.75) is 211 Å². The van der Waals surface area contributed by atoms with Crippen LogP contribution in [0.25, 0.3) is 10.9 Å². The molecule has 0 spiro atoms. The van der Waals surface area contributed by atoms with E-state index in [-0.39, 0.29) is 49.2 Å². The number of nitrogens with zero attached hydrogens (tertiary/aromatic N) is 2. The van der Waals surface area contributed by atoms with Gasteiger partial charge in [-0.15, -0.1) is 0 Å². The van der Waals surface area contributed by atoms with Gasteiger partial charge in [0, 0.05) is 69.1 Å². The van der Waals surface area contributed by atoms with Crippen LogP contribution in [0, 0.1) is 23.7 Å². The number of carboxylic acids is 1. The minimum atomic E-state index is -2.03. The fourth-order valence-electron chi connectivity index (χ4n) is 12.3. The lowest BCUT2D eigenvalue weighted by Crippen LogP contribution is -2.61. The molecule has 4 aliphatic heterocycles. The molecule has 1 aromatic carbocycles. The topological polar surface area (TPSA) is 260 Å². The molecule has 1 aromatic heterocycles. The third-order valence-corrected chi connectivity index (χ3v) is 17.0. The maximum absolute atomic E-state index is 14.6. The van der Waals surface area contributed by atoms with E-state index in [0.29, 0.717) is 44.3 Å². The molecule has 0 radical (unpaired) electrons. The van der Waals surface area contributed by atoms with Gasteiger partial charge < -0.3 is 73.1 Å².